The highest BCUT2D eigenvalue weighted by Gasteiger charge is 2.28. The Bertz CT molecular complexity index is 1360. The van der Waals surface area contributed by atoms with Crippen LogP contribution < -0.4 is 15.4 Å². The second kappa shape index (κ2) is 9.60. The molecule has 2 aliphatic rings. The van der Waals surface area contributed by atoms with Crippen molar-refractivity contribution in [2.75, 3.05) is 16.8 Å². The van der Waals surface area contributed by atoms with Crippen LogP contribution >= 0.6 is 23.4 Å². The van der Waals surface area contributed by atoms with Crippen LogP contribution in [0.4, 0.5) is 5.69 Å². The van der Waals surface area contributed by atoms with E-state index in [0.717, 1.165) is 24.3 Å². The van der Waals surface area contributed by atoms with E-state index < -0.39 is 5.91 Å². The van der Waals surface area contributed by atoms with E-state index in [9.17, 15) is 14.9 Å². The Morgan fingerprint density at radius 1 is 1.26 bits per heavy atom. The van der Waals surface area contributed by atoms with Crippen molar-refractivity contribution in [2.24, 2.45) is 0 Å². The molecule has 3 aromatic rings. The molecule has 0 spiro atoms. The fourth-order valence-corrected chi connectivity index (χ4v) is 4.36. The van der Waals surface area contributed by atoms with Crippen molar-refractivity contribution in [1.29, 1.82) is 5.26 Å². The lowest BCUT2D eigenvalue weighted by Gasteiger charge is -2.24. The predicted octanol–water partition coefficient (Wildman–Crippen LogP) is 3.74. The number of rotatable bonds is 7. The molecule has 0 bridgehead atoms. The molecule has 35 heavy (non-hydrogen) atoms. The monoisotopic (exact) mass is 508 g/mol. The Kier molecular flexibility index (Phi) is 6.36. The van der Waals surface area contributed by atoms with Gasteiger partial charge >= 0.3 is 0 Å². The summed E-state index contributed by atoms with van der Waals surface area (Å²) in [6.07, 6.45) is 3.41. The number of hydrogen-bond acceptors (Lipinski definition) is 7. The molecule has 5 rings (SSSR count). The zero-order valence-electron chi connectivity index (χ0n) is 18.7. The quantitative estimate of drug-likeness (QED) is 0.498. The van der Waals surface area contributed by atoms with Crippen LogP contribution in [0.1, 0.15) is 44.8 Å². The van der Waals surface area contributed by atoms with E-state index in [1.165, 1.54) is 16.8 Å². The molecule has 2 aromatic heterocycles. The normalized spacial score (nSPS) is 15.1. The fourth-order valence-electron chi connectivity index (χ4n) is 3.59. The van der Waals surface area contributed by atoms with E-state index in [-0.39, 0.29) is 41.0 Å². The number of ether oxygens (including phenoxy) is 1. The molecule has 9 nitrogen and oxygen atoms in total. The standard InChI is InChI=1S/C24H21ClN6O3S/c1-13-7-14(10-26)8-17(23(32)28-15-4-5-15)21(13)29-24(33)19-9-20(34-16-11-35-12-16)30-31(19)22-18(25)3-2-6-27-22/h2-3,6-9,15-16H,4-5,11-12H2,1H3,(H,28,32)(H,29,33). The molecule has 1 saturated carbocycles. The third kappa shape index (κ3) is 4.97. The average molecular weight is 509 g/mol. The van der Waals surface area contributed by atoms with Gasteiger partial charge in [-0.3, -0.25) is 9.59 Å². The van der Waals surface area contributed by atoms with Crippen LogP contribution in [0.3, 0.4) is 0 Å². The lowest BCUT2D eigenvalue weighted by molar-refractivity contribution is 0.0952. The summed E-state index contributed by atoms with van der Waals surface area (Å²) in [5.74, 6) is 1.40. The summed E-state index contributed by atoms with van der Waals surface area (Å²) >= 11 is 8.11. The molecule has 1 saturated heterocycles. The summed E-state index contributed by atoms with van der Waals surface area (Å²) in [5, 5.41) is 19.9. The van der Waals surface area contributed by atoms with Gasteiger partial charge in [0.05, 0.1) is 27.9 Å². The maximum atomic E-state index is 13.5. The summed E-state index contributed by atoms with van der Waals surface area (Å²) in [6.45, 7) is 1.74. The van der Waals surface area contributed by atoms with Crippen molar-refractivity contribution in [3.8, 4) is 17.8 Å². The van der Waals surface area contributed by atoms with E-state index >= 15 is 0 Å². The highest BCUT2D eigenvalue weighted by atomic mass is 35.5. The Morgan fingerprint density at radius 3 is 2.71 bits per heavy atom. The number of carbonyl (C=O) groups is 2. The van der Waals surface area contributed by atoms with Crippen molar-refractivity contribution in [2.45, 2.75) is 31.9 Å². The molecule has 11 heteroatoms. The molecule has 1 aliphatic heterocycles. The molecule has 178 valence electrons. The Hall–Kier alpha value is -3.55. The summed E-state index contributed by atoms with van der Waals surface area (Å²) in [4.78, 5) is 30.7. The molecule has 1 aromatic carbocycles. The number of nitriles is 1. The number of anilines is 1. The number of halogens is 1. The summed E-state index contributed by atoms with van der Waals surface area (Å²) < 4.78 is 7.23. The largest absolute Gasteiger partial charge is 0.472 e. The summed E-state index contributed by atoms with van der Waals surface area (Å²) in [7, 11) is 0. The van der Waals surface area contributed by atoms with Gasteiger partial charge in [0.2, 0.25) is 5.88 Å². The SMILES string of the molecule is Cc1cc(C#N)cc(C(=O)NC2CC2)c1NC(=O)c1cc(OC2CSC2)nn1-c1ncccc1Cl. The van der Waals surface area contributed by atoms with Gasteiger partial charge < -0.3 is 15.4 Å². The minimum atomic E-state index is -0.523. The summed E-state index contributed by atoms with van der Waals surface area (Å²) in [6, 6.07) is 10.2. The van der Waals surface area contributed by atoms with Crippen molar-refractivity contribution in [3.05, 3.63) is 63.9 Å². The first kappa shape index (κ1) is 23.2. The number of hydrogen-bond donors (Lipinski definition) is 2. The van der Waals surface area contributed by atoms with Gasteiger partial charge in [-0.2, -0.15) is 17.0 Å². The van der Waals surface area contributed by atoms with Gasteiger partial charge in [0.25, 0.3) is 11.8 Å². The molecular weight excluding hydrogens is 488 g/mol. The lowest BCUT2D eigenvalue weighted by Crippen LogP contribution is -2.31. The third-order valence-corrected chi connectivity index (χ3v) is 7.12. The minimum absolute atomic E-state index is 0.0250. The van der Waals surface area contributed by atoms with Crippen molar-refractivity contribution in [3.63, 3.8) is 0 Å². The number of thioether (sulfide) groups is 1. The highest BCUT2D eigenvalue weighted by Crippen LogP contribution is 2.29. The van der Waals surface area contributed by atoms with Gasteiger partial charge in [-0.05, 0) is 49.6 Å². The number of benzene rings is 1. The molecule has 0 atom stereocenters. The number of aryl methyl sites for hydroxylation is 1. The van der Waals surface area contributed by atoms with Gasteiger partial charge in [-0.15, -0.1) is 5.10 Å². The van der Waals surface area contributed by atoms with Crippen LogP contribution in [0.15, 0.2) is 36.5 Å². The van der Waals surface area contributed by atoms with Crippen LogP contribution in [0, 0.1) is 18.3 Å². The van der Waals surface area contributed by atoms with Crippen LogP contribution in [0.2, 0.25) is 5.02 Å². The van der Waals surface area contributed by atoms with Gasteiger partial charge in [0, 0.05) is 29.8 Å². The topological polar surface area (TPSA) is 122 Å². The first-order valence-electron chi connectivity index (χ1n) is 11.0. The molecular formula is C24H21ClN6O3S. The Balaban J connectivity index is 1.51. The number of pyridine rings is 1. The number of carbonyl (C=O) groups excluding carboxylic acids is 2. The number of amides is 2. The van der Waals surface area contributed by atoms with Gasteiger partial charge in [0.15, 0.2) is 5.82 Å². The molecule has 0 unspecified atom stereocenters. The lowest BCUT2D eigenvalue weighted by atomic mass is 10.0. The van der Waals surface area contributed by atoms with E-state index in [2.05, 4.69) is 26.8 Å². The maximum Gasteiger partial charge on any atom is 0.274 e. The predicted molar refractivity (Wildman–Crippen MR) is 132 cm³/mol. The van der Waals surface area contributed by atoms with E-state index in [4.69, 9.17) is 16.3 Å². The molecule has 2 N–H and O–H groups in total. The van der Waals surface area contributed by atoms with Crippen molar-refractivity contribution in [1.82, 2.24) is 20.1 Å². The molecule has 3 heterocycles. The van der Waals surface area contributed by atoms with Crippen molar-refractivity contribution < 1.29 is 14.3 Å². The smallest absolute Gasteiger partial charge is 0.274 e. The first-order valence-corrected chi connectivity index (χ1v) is 12.6. The third-order valence-electron chi connectivity index (χ3n) is 5.61. The number of aromatic nitrogens is 3. The van der Waals surface area contributed by atoms with E-state index in [1.807, 2.05) is 0 Å². The number of nitrogens with zero attached hydrogens (tertiary/aromatic N) is 4. The second-order valence-electron chi connectivity index (χ2n) is 8.40. The second-order valence-corrected chi connectivity index (χ2v) is 9.88. The minimum Gasteiger partial charge on any atom is -0.472 e. The van der Waals surface area contributed by atoms with E-state index in [1.54, 1.807) is 43.1 Å². The summed E-state index contributed by atoms with van der Waals surface area (Å²) in [5.41, 5.74) is 1.62. The van der Waals surface area contributed by atoms with Crippen molar-refractivity contribution >= 4 is 40.9 Å². The molecule has 2 amide bonds. The van der Waals surface area contributed by atoms with Gasteiger partial charge in [0.1, 0.15) is 11.8 Å². The Morgan fingerprint density at radius 2 is 2.06 bits per heavy atom. The molecule has 0 radical (unpaired) electrons. The molecule has 1 aliphatic carbocycles. The number of nitrogens with one attached hydrogen (secondary N) is 2. The van der Waals surface area contributed by atoms with Gasteiger partial charge in [-0.1, -0.05) is 11.6 Å². The maximum absolute atomic E-state index is 13.5. The van der Waals surface area contributed by atoms with Crippen LogP contribution in [0.25, 0.3) is 5.82 Å². The fraction of sp³-hybridized carbons (Fsp3) is 0.292. The average Bonchev–Trinajstić information content (AvgIpc) is 3.53. The highest BCUT2D eigenvalue weighted by molar-refractivity contribution is 8.00. The zero-order chi connectivity index (χ0) is 24.5. The zero-order valence-corrected chi connectivity index (χ0v) is 20.3. The molecule has 2 fully saturated rings. The van der Waals surface area contributed by atoms with Crippen LogP contribution in [-0.2, 0) is 0 Å². The van der Waals surface area contributed by atoms with Crippen LogP contribution in [-0.4, -0.2) is 50.2 Å². The van der Waals surface area contributed by atoms with Crippen LogP contribution in [0.5, 0.6) is 5.88 Å². The first-order chi connectivity index (χ1) is 16.9. The van der Waals surface area contributed by atoms with E-state index in [0.29, 0.717) is 21.8 Å². The Labute approximate surface area is 210 Å². The van der Waals surface area contributed by atoms with Gasteiger partial charge in [-0.25, -0.2) is 9.67 Å².